The topological polar surface area (TPSA) is 29.1 Å². The Morgan fingerprint density at radius 2 is 1.03 bits per heavy atom. The minimum atomic E-state index is -2.65. The van der Waals surface area contributed by atoms with Crippen molar-refractivity contribution in [1.29, 1.82) is 0 Å². The number of nitrogens with one attached hydrogen (secondary N) is 1. The number of aryl methyl sites for hydroxylation is 1. The van der Waals surface area contributed by atoms with E-state index >= 15 is 0 Å². The normalized spacial score (nSPS) is 11.9. The van der Waals surface area contributed by atoms with Crippen LogP contribution in [0.15, 0.2) is 160 Å². The maximum atomic E-state index is 13.8. The van der Waals surface area contributed by atoms with E-state index in [0.29, 0.717) is 15.4 Å². The van der Waals surface area contributed by atoms with Gasteiger partial charge in [-0.25, -0.2) is 0 Å². The van der Waals surface area contributed by atoms with Crippen LogP contribution in [-0.2, 0) is 0 Å². The molecule has 0 atom stereocenters. The molecule has 5 heteroatoms. The van der Waals surface area contributed by atoms with Gasteiger partial charge in [-0.15, -0.1) is 0 Å². The molecule has 0 aliphatic heterocycles. The second kappa shape index (κ2) is 12.5. The van der Waals surface area contributed by atoms with E-state index in [1.165, 1.54) is 17.3 Å². The van der Waals surface area contributed by atoms with Crippen LogP contribution in [0.1, 0.15) is 15.9 Å². The lowest BCUT2D eigenvalue weighted by molar-refractivity contribution is 0.0968. The number of benzene rings is 5. The summed E-state index contributed by atoms with van der Waals surface area (Å²) in [6, 6.07) is 48.8. The van der Waals surface area contributed by atoms with E-state index in [4.69, 9.17) is 11.6 Å². The summed E-state index contributed by atoms with van der Waals surface area (Å²) in [7, 11) is -2.65. The van der Waals surface area contributed by atoms with E-state index in [2.05, 4.69) is 72.9 Å². The molecule has 2 nitrogen and oxygen atoms in total. The molecule has 0 radical (unpaired) electrons. The molecule has 0 saturated carbocycles. The van der Waals surface area contributed by atoms with Crippen LogP contribution in [-0.4, -0.2) is 5.91 Å². The van der Waals surface area contributed by atoms with Crippen LogP contribution >= 0.6 is 30.6 Å². The van der Waals surface area contributed by atoms with E-state index in [0.717, 1.165) is 20.8 Å². The van der Waals surface area contributed by atoms with Crippen LogP contribution < -0.4 is 21.2 Å². The highest BCUT2D eigenvalue weighted by Gasteiger charge is 2.52. The molecule has 1 amide bonds. The lowest BCUT2D eigenvalue weighted by atomic mass is 10.2. The predicted octanol–water partition coefficient (Wildman–Crippen LogP) is 7.88. The van der Waals surface area contributed by atoms with Gasteiger partial charge in [-0.05, 0) is 67.6 Å². The number of carbonyl (C=O) groups excluding carboxylic acids is 1. The molecule has 0 unspecified atom stereocenters. The maximum Gasteiger partial charge on any atom is 0.258 e. The fourth-order valence-electron chi connectivity index (χ4n) is 4.58. The number of amides is 1. The zero-order chi connectivity index (χ0) is 27.1. The Labute approximate surface area is 240 Å². The van der Waals surface area contributed by atoms with E-state index in [-0.39, 0.29) is 5.91 Å². The lowest BCUT2D eigenvalue weighted by Gasteiger charge is -2.30. The summed E-state index contributed by atoms with van der Waals surface area (Å²) in [6.45, 7) is 2.06. The molecule has 0 bridgehead atoms. The summed E-state index contributed by atoms with van der Waals surface area (Å²) in [5.41, 5.74) is 2.47. The zero-order valence-electron chi connectivity index (χ0n) is 21.5. The summed E-state index contributed by atoms with van der Waals surface area (Å²) in [6.07, 6.45) is 0. The van der Waals surface area contributed by atoms with Crippen LogP contribution in [0.25, 0.3) is 0 Å². The molecule has 0 aliphatic rings. The third-order valence-electron chi connectivity index (χ3n) is 6.45. The number of halogens is 1. The first-order valence-electron chi connectivity index (χ1n) is 12.7. The van der Waals surface area contributed by atoms with Crippen molar-refractivity contribution in [1.82, 2.24) is 5.32 Å². The van der Waals surface area contributed by atoms with E-state index in [1.54, 1.807) is 0 Å². The van der Waals surface area contributed by atoms with Crippen molar-refractivity contribution >= 4 is 52.4 Å². The highest BCUT2D eigenvalue weighted by atomic mass is 35.5. The molecule has 1 N–H and O–H groups in total. The Balaban J connectivity index is 1.81. The Hall–Kier alpha value is -3.62. The molecule has 0 aromatic heterocycles. The standard InChI is InChI=1S/C34H27ClNOPS/c1-26-22-24-31(25-23-26)39-32(35)34(36-33(37)27-14-6-2-7-15-27)38(28-16-8-3-9-17-28,29-18-10-4-11-19-29)30-20-12-5-13-21-30/h2-25H,1H3/p+1/b34-32-. The number of thioether (sulfide) groups is 1. The van der Waals surface area contributed by atoms with Gasteiger partial charge in [0, 0.05) is 10.5 Å². The maximum absolute atomic E-state index is 13.8. The first kappa shape index (κ1) is 27.0. The Kier molecular flexibility index (Phi) is 8.64. The van der Waals surface area contributed by atoms with Gasteiger partial charge >= 0.3 is 0 Å². The summed E-state index contributed by atoms with van der Waals surface area (Å²) >= 11 is 8.81. The molecule has 5 aromatic rings. The largest absolute Gasteiger partial charge is 0.290 e. The lowest BCUT2D eigenvalue weighted by Crippen LogP contribution is -2.38. The molecular weight excluding hydrogens is 537 g/mol. The van der Waals surface area contributed by atoms with Gasteiger partial charge in [0.05, 0.1) is 0 Å². The number of rotatable bonds is 8. The Morgan fingerprint density at radius 1 is 0.615 bits per heavy atom. The third kappa shape index (κ3) is 5.87. The molecule has 192 valence electrons. The van der Waals surface area contributed by atoms with Gasteiger partial charge in [-0.3, -0.25) is 10.1 Å². The van der Waals surface area contributed by atoms with Crippen molar-refractivity contribution in [3.05, 3.63) is 167 Å². The summed E-state index contributed by atoms with van der Waals surface area (Å²) in [5, 5.41) is 6.65. The predicted molar refractivity (Wildman–Crippen MR) is 169 cm³/mol. The van der Waals surface area contributed by atoms with Crippen molar-refractivity contribution in [2.45, 2.75) is 11.8 Å². The molecule has 5 aromatic carbocycles. The van der Waals surface area contributed by atoms with Crippen LogP contribution in [0, 0.1) is 6.92 Å². The quantitative estimate of drug-likeness (QED) is 0.153. The molecule has 0 spiro atoms. The molecule has 39 heavy (non-hydrogen) atoms. The van der Waals surface area contributed by atoms with Gasteiger partial charge in [0.25, 0.3) is 5.91 Å². The van der Waals surface area contributed by atoms with Gasteiger partial charge in [-0.2, -0.15) is 0 Å². The number of carbonyl (C=O) groups is 1. The van der Waals surface area contributed by atoms with Gasteiger partial charge in [0.1, 0.15) is 20.3 Å². The van der Waals surface area contributed by atoms with E-state index in [1.807, 2.05) is 84.9 Å². The van der Waals surface area contributed by atoms with Crippen molar-refractivity contribution in [2.75, 3.05) is 0 Å². The van der Waals surface area contributed by atoms with Crippen molar-refractivity contribution in [2.24, 2.45) is 0 Å². The van der Waals surface area contributed by atoms with Crippen LogP contribution in [0.2, 0.25) is 0 Å². The average Bonchev–Trinajstić information content (AvgIpc) is 3.00. The van der Waals surface area contributed by atoms with Crippen molar-refractivity contribution < 1.29 is 4.79 Å². The van der Waals surface area contributed by atoms with Gasteiger partial charge in [0.15, 0.2) is 7.26 Å². The van der Waals surface area contributed by atoms with Crippen LogP contribution in [0.3, 0.4) is 0 Å². The SMILES string of the molecule is Cc1ccc(S/C(Cl)=C(/NC(=O)c2ccccc2)[P+](c2ccccc2)(c2ccccc2)c2ccccc2)cc1. The zero-order valence-corrected chi connectivity index (χ0v) is 24.0. The number of hydrogen-bond donors (Lipinski definition) is 1. The highest BCUT2D eigenvalue weighted by Crippen LogP contribution is 2.64. The minimum absolute atomic E-state index is 0.194. The van der Waals surface area contributed by atoms with Gasteiger partial charge in [0.2, 0.25) is 5.44 Å². The average molecular weight is 565 g/mol. The molecule has 0 heterocycles. The molecule has 0 aliphatic carbocycles. The number of hydrogen-bond acceptors (Lipinski definition) is 2. The van der Waals surface area contributed by atoms with Gasteiger partial charge in [-0.1, -0.05) is 114 Å². The first-order chi connectivity index (χ1) is 19.1. The first-order valence-corrected chi connectivity index (χ1v) is 15.6. The summed E-state index contributed by atoms with van der Waals surface area (Å²) in [5.74, 6) is -0.194. The van der Waals surface area contributed by atoms with Crippen molar-refractivity contribution in [3.63, 3.8) is 0 Å². The summed E-state index contributed by atoms with van der Waals surface area (Å²) < 4.78 is 0.535. The molecule has 0 saturated heterocycles. The Bertz CT molecular complexity index is 1460. The highest BCUT2D eigenvalue weighted by molar-refractivity contribution is 8.06. The fraction of sp³-hybridized carbons (Fsp3) is 0.0294. The fourth-order valence-corrected chi connectivity index (χ4v) is 10.5. The van der Waals surface area contributed by atoms with Crippen molar-refractivity contribution in [3.8, 4) is 0 Å². The van der Waals surface area contributed by atoms with Crippen LogP contribution in [0.5, 0.6) is 0 Å². The van der Waals surface area contributed by atoms with E-state index < -0.39 is 7.26 Å². The molecular formula is C34H28ClNOPS+. The molecule has 5 rings (SSSR count). The summed E-state index contributed by atoms with van der Waals surface area (Å²) in [4.78, 5) is 14.8. The van der Waals surface area contributed by atoms with E-state index in [9.17, 15) is 4.79 Å². The van der Waals surface area contributed by atoms with Crippen LogP contribution in [0.4, 0.5) is 0 Å². The smallest absolute Gasteiger partial charge is 0.258 e. The monoisotopic (exact) mass is 564 g/mol. The second-order valence-electron chi connectivity index (χ2n) is 9.04. The minimum Gasteiger partial charge on any atom is -0.290 e. The second-order valence-corrected chi connectivity index (χ2v) is 14.1. The molecule has 0 fully saturated rings. The van der Waals surface area contributed by atoms with Gasteiger partial charge < -0.3 is 0 Å². The Morgan fingerprint density at radius 3 is 1.46 bits per heavy atom. The third-order valence-corrected chi connectivity index (χ3v) is 12.3.